The van der Waals surface area contributed by atoms with Crippen LogP contribution in [0.5, 0.6) is 0 Å². The van der Waals surface area contributed by atoms with Gasteiger partial charge in [0.2, 0.25) is 5.89 Å². The standard InChI is InChI=1S/C12H8ClFN2OS/c13-6-4-8-9(5-7(6)14)17-12(16-8)11(15)10-2-1-3-18-10/h1-5,11H,15H2. The minimum atomic E-state index is -0.531. The Labute approximate surface area is 111 Å². The number of fused-ring (bicyclic) bond motifs is 1. The van der Waals surface area contributed by atoms with Gasteiger partial charge in [0.05, 0.1) is 5.02 Å². The number of thiophene rings is 1. The highest BCUT2D eigenvalue weighted by atomic mass is 35.5. The minimum absolute atomic E-state index is 0.0204. The van der Waals surface area contributed by atoms with Crippen molar-refractivity contribution >= 4 is 34.0 Å². The number of oxazole rings is 1. The third-order valence-electron chi connectivity index (χ3n) is 2.56. The van der Waals surface area contributed by atoms with E-state index in [4.69, 9.17) is 21.8 Å². The Hall–Kier alpha value is -1.43. The number of halogens is 2. The third-order valence-corrected chi connectivity index (χ3v) is 3.81. The van der Waals surface area contributed by atoms with Crippen LogP contribution < -0.4 is 5.73 Å². The summed E-state index contributed by atoms with van der Waals surface area (Å²) < 4.78 is 18.7. The third kappa shape index (κ3) is 1.90. The van der Waals surface area contributed by atoms with Gasteiger partial charge in [-0.3, -0.25) is 0 Å². The molecule has 0 saturated carbocycles. The molecule has 2 N–H and O–H groups in total. The zero-order valence-corrected chi connectivity index (χ0v) is 10.6. The first kappa shape index (κ1) is 11.6. The second-order valence-corrected chi connectivity index (χ2v) is 5.17. The molecule has 2 heterocycles. The lowest BCUT2D eigenvalue weighted by Crippen LogP contribution is -2.10. The smallest absolute Gasteiger partial charge is 0.217 e. The van der Waals surface area contributed by atoms with Crippen LogP contribution >= 0.6 is 22.9 Å². The zero-order valence-electron chi connectivity index (χ0n) is 9.06. The number of benzene rings is 1. The first-order valence-corrected chi connectivity index (χ1v) is 6.45. The van der Waals surface area contributed by atoms with Crippen LogP contribution in [-0.2, 0) is 0 Å². The average molecular weight is 283 g/mol. The molecule has 0 aliphatic carbocycles. The fraction of sp³-hybridized carbons (Fsp3) is 0.0833. The average Bonchev–Trinajstić information content (AvgIpc) is 2.97. The molecule has 0 amide bonds. The number of hydrogen-bond acceptors (Lipinski definition) is 4. The molecular weight excluding hydrogens is 275 g/mol. The second-order valence-electron chi connectivity index (χ2n) is 3.78. The SMILES string of the molecule is NC(c1nc2cc(Cl)c(F)cc2o1)c1cccs1. The molecule has 0 bridgehead atoms. The van der Waals surface area contributed by atoms with Gasteiger partial charge in [-0.15, -0.1) is 11.3 Å². The maximum atomic E-state index is 13.3. The molecule has 6 heteroatoms. The van der Waals surface area contributed by atoms with E-state index in [2.05, 4.69) is 4.98 Å². The molecule has 92 valence electrons. The number of nitrogens with zero attached hydrogens (tertiary/aromatic N) is 1. The van der Waals surface area contributed by atoms with E-state index < -0.39 is 11.9 Å². The number of hydrogen-bond donors (Lipinski definition) is 1. The quantitative estimate of drug-likeness (QED) is 0.779. The van der Waals surface area contributed by atoms with Gasteiger partial charge < -0.3 is 10.2 Å². The van der Waals surface area contributed by atoms with Gasteiger partial charge in [0.15, 0.2) is 5.58 Å². The van der Waals surface area contributed by atoms with Gasteiger partial charge in [-0.25, -0.2) is 9.37 Å². The van der Waals surface area contributed by atoms with E-state index >= 15 is 0 Å². The Morgan fingerprint density at radius 2 is 2.28 bits per heavy atom. The van der Waals surface area contributed by atoms with Crippen molar-refractivity contribution in [3.63, 3.8) is 0 Å². The molecule has 3 rings (SSSR count). The maximum Gasteiger partial charge on any atom is 0.217 e. The van der Waals surface area contributed by atoms with Crippen LogP contribution in [0.25, 0.3) is 11.1 Å². The summed E-state index contributed by atoms with van der Waals surface area (Å²) in [7, 11) is 0. The van der Waals surface area contributed by atoms with Crippen LogP contribution in [0.3, 0.4) is 0 Å². The summed E-state index contributed by atoms with van der Waals surface area (Å²) in [6.07, 6.45) is 0. The van der Waals surface area contributed by atoms with Crippen LogP contribution in [0, 0.1) is 5.82 Å². The van der Waals surface area contributed by atoms with Gasteiger partial charge in [0, 0.05) is 10.9 Å². The van der Waals surface area contributed by atoms with Gasteiger partial charge in [-0.1, -0.05) is 17.7 Å². The summed E-state index contributed by atoms with van der Waals surface area (Å²) in [5, 5.41) is 1.95. The van der Waals surface area contributed by atoms with Crippen molar-refractivity contribution in [2.75, 3.05) is 0 Å². The monoisotopic (exact) mass is 282 g/mol. The van der Waals surface area contributed by atoms with Crippen molar-refractivity contribution in [1.82, 2.24) is 4.98 Å². The lowest BCUT2D eigenvalue weighted by Gasteiger charge is -2.02. The largest absolute Gasteiger partial charge is 0.438 e. The van der Waals surface area contributed by atoms with E-state index in [1.165, 1.54) is 23.5 Å². The Balaban J connectivity index is 2.08. The number of rotatable bonds is 2. The lowest BCUT2D eigenvalue weighted by molar-refractivity contribution is 0.505. The Morgan fingerprint density at radius 3 is 3.00 bits per heavy atom. The van der Waals surface area contributed by atoms with Crippen LogP contribution in [0.15, 0.2) is 34.1 Å². The predicted octanol–water partition coefficient (Wildman–Crippen LogP) is 3.73. The molecule has 18 heavy (non-hydrogen) atoms. The summed E-state index contributed by atoms with van der Waals surface area (Å²) >= 11 is 7.21. The Bertz CT molecular complexity index is 656. The Morgan fingerprint density at radius 1 is 1.44 bits per heavy atom. The molecule has 3 nitrogen and oxygen atoms in total. The molecule has 0 saturated heterocycles. The first-order chi connectivity index (χ1) is 8.65. The van der Waals surface area contributed by atoms with Gasteiger partial charge >= 0.3 is 0 Å². The van der Waals surface area contributed by atoms with Gasteiger partial charge in [0.25, 0.3) is 0 Å². The summed E-state index contributed by atoms with van der Waals surface area (Å²) in [6, 6.07) is 6.01. The molecule has 0 aliphatic heterocycles. The highest BCUT2D eigenvalue weighted by Crippen LogP contribution is 2.28. The fourth-order valence-electron chi connectivity index (χ4n) is 1.66. The second kappa shape index (κ2) is 4.35. The highest BCUT2D eigenvalue weighted by Gasteiger charge is 2.18. The van der Waals surface area contributed by atoms with Crippen LogP contribution in [0.4, 0.5) is 4.39 Å². The van der Waals surface area contributed by atoms with E-state index in [1.807, 2.05) is 17.5 Å². The van der Waals surface area contributed by atoms with Gasteiger partial charge in [-0.05, 0) is 17.5 Å². The highest BCUT2D eigenvalue weighted by molar-refractivity contribution is 7.10. The molecular formula is C12H8ClFN2OS. The van der Waals surface area contributed by atoms with Gasteiger partial charge in [0.1, 0.15) is 17.4 Å². The van der Waals surface area contributed by atoms with E-state index in [0.29, 0.717) is 17.0 Å². The summed E-state index contributed by atoms with van der Waals surface area (Å²) in [4.78, 5) is 5.17. The summed E-state index contributed by atoms with van der Waals surface area (Å²) in [5.74, 6) is -0.175. The zero-order chi connectivity index (χ0) is 12.7. The first-order valence-electron chi connectivity index (χ1n) is 5.19. The van der Waals surface area contributed by atoms with Crippen molar-refractivity contribution < 1.29 is 8.81 Å². The van der Waals surface area contributed by atoms with Crippen molar-refractivity contribution in [2.45, 2.75) is 6.04 Å². The van der Waals surface area contributed by atoms with Crippen molar-refractivity contribution in [3.05, 3.63) is 51.3 Å². The Kier molecular flexibility index (Phi) is 2.81. The minimum Gasteiger partial charge on any atom is -0.438 e. The topological polar surface area (TPSA) is 52.0 Å². The fourth-order valence-corrected chi connectivity index (χ4v) is 2.54. The summed E-state index contributed by atoms with van der Waals surface area (Å²) in [5.41, 5.74) is 6.88. The number of nitrogens with two attached hydrogens (primary N) is 1. The summed E-state index contributed by atoms with van der Waals surface area (Å²) in [6.45, 7) is 0. The van der Waals surface area contributed by atoms with Crippen LogP contribution in [0.1, 0.15) is 16.8 Å². The molecule has 0 fully saturated rings. The normalized spacial score (nSPS) is 13.1. The number of aromatic nitrogens is 1. The van der Waals surface area contributed by atoms with E-state index in [-0.39, 0.29) is 5.02 Å². The molecule has 1 atom stereocenters. The predicted molar refractivity (Wildman–Crippen MR) is 69.3 cm³/mol. The van der Waals surface area contributed by atoms with Crippen molar-refractivity contribution in [3.8, 4) is 0 Å². The van der Waals surface area contributed by atoms with Crippen LogP contribution in [-0.4, -0.2) is 4.98 Å². The molecule has 0 spiro atoms. The molecule has 0 radical (unpaired) electrons. The molecule has 3 aromatic rings. The maximum absolute atomic E-state index is 13.3. The molecule has 2 aromatic heterocycles. The lowest BCUT2D eigenvalue weighted by atomic mass is 10.2. The van der Waals surface area contributed by atoms with Crippen LogP contribution in [0.2, 0.25) is 5.02 Å². The van der Waals surface area contributed by atoms with E-state index in [1.54, 1.807) is 0 Å². The molecule has 0 aliphatic rings. The molecule has 1 aromatic carbocycles. The van der Waals surface area contributed by atoms with E-state index in [9.17, 15) is 4.39 Å². The molecule has 1 unspecified atom stereocenters. The van der Waals surface area contributed by atoms with E-state index in [0.717, 1.165) is 4.88 Å². The van der Waals surface area contributed by atoms with Crippen molar-refractivity contribution in [1.29, 1.82) is 0 Å². The van der Waals surface area contributed by atoms with Gasteiger partial charge in [-0.2, -0.15) is 0 Å². The van der Waals surface area contributed by atoms with Crippen molar-refractivity contribution in [2.24, 2.45) is 5.73 Å².